The fraction of sp³-hybridized carbons (Fsp3) is 0.214. The fourth-order valence-corrected chi connectivity index (χ4v) is 2.23. The Morgan fingerprint density at radius 1 is 1.25 bits per heavy atom. The third-order valence-electron chi connectivity index (χ3n) is 3.06. The Labute approximate surface area is 121 Å². The van der Waals surface area contributed by atoms with Crippen LogP contribution >= 0.6 is 11.6 Å². The maximum Gasteiger partial charge on any atom is 0.147 e. The van der Waals surface area contributed by atoms with Gasteiger partial charge in [0.05, 0.1) is 23.4 Å². The number of aryl methyl sites for hydroxylation is 1. The molecule has 3 rings (SSSR count). The number of hydrogen-bond donors (Lipinski definition) is 0. The molecule has 0 atom stereocenters. The van der Waals surface area contributed by atoms with Crippen molar-refractivity contribution in [2.24, 2.45) is 7.05 Å². The lowest BCUT2D eigenvalue weighted by atomic mass is 10.3. The van der Waals surface area contributed by atoms with E-state index in [4.69, 9.17) is 11.6 Å². The van der Waals surface area contributed by atoms with Gasteiger partial charge < -0.3 is 4.90 Å². The van der Waals surface area contributed by atoms with Gasteiger partial charge in [-0.3, -0.25) is 9.67 Å². The zero-order chi connectivity index (χ0) is 14.1. The Bertz CT molecular complexity index is 752. The van der Waals surface area contributed by atoms with E-state index in [9.17, 15) is 0 Å². The first-order chi connectivity index (χ1) is 9.61. The van der Waals surface area contributed by atoms with E-state index < -0.39 is 0 Å². The third-order valence-corrected chi connectivity index (χ3v) is 3.30. The van der Waals surface area contributed by atoms with Crippen LogP contribution in [0, 0.1) is 0 Å². The molecule has 0 unspecified atom stereocenters. The van der Waals surface area contributed by atoms with E-state index in [0.29, 0.717) is 5.02 Å². The summed E-state index contributed by atoms with van der Waals surface area (Å²) in [5.74, 6) is 0.823. The fourth-order valence-electron chi connectivity index (χ4n) is 2.07. The zero-order valence-electron chi connectivity index (χ0n) is 11.3. The van der Waals surface area contributed by atoms with Crippen molar-refractivity contribution >= 4 is 28.5 Å². The molecule has 0 N–H and O–H groups in total. The maximum absolute atomic E-state index is 5.94. The second-order valence-corrected chi connectivity index (χ2v) is 5.18. The monoisotopic (exact) mass is 287 g/mol. The lowest BCUT2D eigenvalue weighted by Gasteiger charge is -2.17. The summed E-state index contributed by atoms with van der Waals surface area (Å²) in [5.41, 5.74) is 2.77. The Hall–Kier alpha value is -2.14. The molecule has 6 heteroatoms. The van der Waals surface area contributed by atoms with Gasteiger partial charge in [0.25, 0.3) is 0 Å². The molecule has 0 amide bonds. The van der Waals surface area contributed by atoms with Gasteiger partial charge in [0.2, 0.25) is 0 Å². The molecule has 2 heterocycles. The van der Waals surface area contributed by atoms with Crippen LogP contribution in [-0.2, 0) is 13.6 Å². The van der Waals surface area contributed by atoms with Crippen LogP contribution in [0.3, 0.4) is 0 Å². The molecule has 0 aliphatic carbocycles. The number of rotatable bonds is 3. The van der Waals surface area contributed by atoms with Gasteiger partial charge in [-0.2, -0.15) is 5.10 Å². The van der Waals surface area contributed by atoms with Crippen LogP contribution in [0.2, 0.25) is 5.02 Å². The van der Waals surface area contributed by atoms with Crippen LogP contribution in [0.5, 0.6) is 0 Å². The summed E-state index contributed by atoms with van der Waals surface area (Å²) in [7, 11) is 3.89. The first-order valence-corrected chi connectivity index (χ1v) is 6.60. The van der Waals surface area contributed by atoms with Crippen LogP contribution in [-0.4, -0.2) is 26.8 Å². The minimum Gasteiger partial charge on any atom is -0.354 e. The van der Waals surface area contributed by atoms with E-state index in [1.165, 1.54) is 0 Å². The van der Waals surface area contributed by atoms with Crippen LogP contribution < -0.4 is 4.90 Å². The first kappa shape index (κ1) is 12.9. The SMILES string of the molecule is CN(Cc1cnn(C)c1)c1cnc2cc(Cl)ccc2n1. The van der Waals surface area contributed by atoms with Crippen molar-refractivity contribution in [1.82, 2.24) is 19.7 Å². The number of nitrogens with zero attached hydrogens (tertiary/aromatic N) is 5. The van der Waals surface area contributed by atoms with E-state index in [0.717, 1.165) is 29.0 Å². The van der Waals surface area contributed by atoms with Crippen molar-refractivity contribution in [1.29, 1.82) is 0 Å². The number of benzene rings is 1. The van der Waals surface area contributed by atoms with E-state index in [-0.39, 0.29) is 0 Å². The molecule has 0 saturated carbocycles. The number of hydrogen-bond acceptors (Lipinski definition) is 4. The van der Waals surface area contributed by atoms with Crippen LogP contribution in [0.4, 0.5) is 5.82 Å². The normalized spacial score (nSPS) is 10.9. The molecule has 2 aromatic heterocycles. The lowest BCUT2D eigenvalue weighted by molar-refractivity contribution is 0.766. The van der Waals surface area contributed by atoms with Gasteiger partial charge in [-0.15, -0.1) is 0 Å². The van der Waals surface area contributed by atoms with Crippen LogP contribution in [0.25, 0.3) is 11.0 Å². The standard InChI is InChI=1S/C14H14ClN5/c1-19(8-10-6-17-20(2)9-10)14-7-16-13-5-11(15)3-4-12(13)18-14/h3-7,9H,8H2,1-2H3. The summed E-state index contributed by atoms with van der Waals surface area (Å²) >= 11 is 5.94. The summed E-state index contributed by atoms with van der Waals surface area (Å²) in [6.07, 6.45) is 5.60. The molecule has 5 nitrogen and oxygen atoms in total. The molecule has 3 aromatic rings. The average molecular weight is 288 g/mol. The second-order valence-electron chi connectivity index (χ2n) is 4.74. The van der Waals surface area contributed by atoms with Crippen molar-refractivity contribution in [3.63, 3.8) is 0 Å². The lowest BCUT2D eigenvalue weighted by Crippen LogP contribution is -2.17. The Kier molecular flexibility index (Phi) is 3.28. The topological polar surface area (TPSA) is 46.8 Å². The van der Waals surface area contributed by atoms with E-state index in [2.05, 4.69) is 15.1 Å². The summed E-state index contributed by atoms with van der Waals surface area (Å²) in [5, 5.41) is 4.83. The summed E-state index contributed by atoms with van der Waals surface area (Å²) in [6, 6.07) is 5.52. The van der Waals surface area contributed by atoms with Gasteiger partial charge in [0.1, 0.15) is 5.82 Å². The van der Waals surface area contributed by atoms with Crippen molar-refractivity contribution in [2.75, 3.05) is 11.9 Å². The highest BCUT2D eigenvalue weighted by molar-refractivity contribution is 6.31. The van der Waals surface area contributed by atoms with Crippen molar-refractivity contribution in [3.05, 3.63) is 47.4 Å². The molecule has 0 bridgehead atoms. The van der Waals surface area contributed by atoms with Crippen molar-refractivity contribution in [2.45, 2.75) is 6.54 Å². The molecular formula is C14H14ClN5. The van der Waals surface area contributed by atoms with Gasteiger partial charge in [0, 0.05) is 37.4 Å². The van der Waals surface area contributed by atoms with E-state index >= 15 is 0 Å². The number of fused-ring (bicyclic) bond motifs is 1. The van der Waals surface area contributed by atoms with Crippen LogP contribution in [0.1, 0.15) is 5.56 Å². The molecule has 0 radical (unpaired) electrons. The molecule has 0 spiro atoms. The second kappa shape index (κ2) is 5.09. The number of aromatic nitrogens is 4. The molecule has 0 aliphatic rings. The number of halogens is 1. The maximum atomic E-state index is 5.94. The van der Waals surface area contributed by atoms with E-state index in [1.807, 2.05) is 49.6 Å². The van der Waals surface area contributed by atoms with Crippen molar-refractivity contribution in [3.8, 4) is 0 Å². The number of anilines is 1. The molecule has 0 fully saturated rings. The predicted molar refractivity (Wildman–Crippen MR) is 79.9 cm³/mol. The Morgan fingerprint density at radius 3 is 2.85 bits per heavy atom. The van der Waals surface area contributed by atoms with Gasteiger partial charge in [-0.05, 0) is 18.2 Å². The minimum atomic E-state index is 0.670. The Balaban J connectivity index is 1.87. The smallest absolute Gasteiger partial charge is 0.147 e. The highest BCUT2D eigenvalue weighted by Gasteiger charge is 2.07. The quantitative estimate of drug-likeness (QED) is 0.743. The molecule has 1 aromatic carbocycles. The first-order valence-electron chi connectivity index (χ1n) is 6.23. The van der Waals surface area contributed by atoms with Gasteiger partial charge in [0.15, 0.2) is 0 Å². The van der Waals surface area contributed by atoms with Crippen LogP contribution in [0.15, 0.2) is 36.8 Å². The van der Waals surface area contributed by atoms with Gasteiger partial charge in [-0.25, -0.2) is 4.98 Å². The summed E-state index contributed by atoms with van der Waals surface area (Å²) in [6.45, 7) is 0.738. The van der Waals surface area contributed by atoms with E-state index in [1.54, 1.807) is 10.9 Å². The predicted octanol–water partition coefficient (Wildman–Crippen LogP) is 2.65. The zero-order valence-corrected chi connectivity index (χ0v) is 12.0. The summed E-state index contributed by atoms with van der Waals surface area (Å²) in [4.78, 5) is 11.0. The Morgan fingerprint density at radius 2 is 2.10 bits per heavy atom. The highest BCUT2D eigenvalue weighted by atomic mass is 35.5. The average Bonchev–Trinajstić information content (AvgIpc) is 2.83. The largest absolute Gasteiger partial charge is 0.354 e. The summed E-state index contributed by atoms with van der Waals surface area (Å²) < 4.78 is 1.79. The van der Waals surface area contributed by atoms with Gasteiger partial charge >= 0.3 is 0 Å². The van der Waals surface area contributed by atoms with Crippen molar-refractivity contribution < 1.29 is 0 Å². The molecule has 20 heavy (non-hydrogen) atoms. The van der Waals surface area contributed by atoms with Gasteiger partial charge in [-0.1, -0.05) is 11.6 Å². The molecule has 0 saturated heterocycles. The third kappa shape index (κ3) is 2.58. The molecular weight excluding hydrogens is 274 g/mol. The molecule has 102 valence electrons. The molecule has 0 aliphatic heterocycles. The minimum absolute atomic E-state index is 0.670. The highest BCUT2D eigenvalue weighted by Crippen LogP contribution is 2.19.